The Hall–Kier alpha value is -1.88. The largest absolute Gasteiger partial charge is 0.460 e. The maximum atomic E-state index is 11.7. The van der Waals surface area contributed by atoms with E-state index < -0.39 is 12.0 Å². The summed E-state index contributed by atoms with van der Waals surface area (Å²) in [6, 6.07) is 8.63. The molecule has 0 aliphatic heterocycles. The minimum Gasteiger partial charge on any atom is -0.460 e. The van der Waals surface area contributed by atoms with Crippen LogP contribution in [0.15, 0.2) is 30.3 Å². The third-order valence-corrected chi connectivity index (χ3v) is 2.78. The van der Waals surface area contributed by atoms with Gasteiger partial charge < -0.3 is 15.8 Å². The molecule has 0 fully saturated rings. The highest BCUT2D eigenvalue weighted by Gasteiger charge is 2.16. The number of hydrogen-bond donors (Lipinski definition) is 2. The number of nitrogens with one attached hydrogen (secondary N) is 1. The molecule has 0 aliphatic rings. The summed E-state index contributed by atoms with van der Waals surface area (Å²) in [5, 5.41) is 2.74. The Kier molecular flexibility index (Phi) is 7.35. The lowest BCUT2D eigenvalue weighted by Crippen LogP contribution is -2.34. The van der Waals surface area contributed by atoms with Crippen molar-refractivity contribution in [3.63, 3.8) is 0 Å². The smallest absolute Gasteiger partial charge is 0.323 e. The summed E-state index contributed by atoms with van der Waals surface area (Å²) in [5.41, 5.74) is 6.61. The van der Waals surface area contributed by atoms with Crippen LogP contribution < -0.4 is 11.1 Å². The summed E-state index contributed by atoms with van der Waals surface area (Å²) in [6.45, 7) is 2.83. The first-order valence-electron chi connectivity index (χ1n) is 6.86. The van der Waals surface area contributed by atoms with Crippen LogP contribution >= 0.6 is 0 Å². The third kappa shape index (κ3) is 6.33. The van der Waals surface area contributed by atoms with Crippen LogP contribution in [0.25, 0.3) is 0 Å². The van der Waals surface area contributed by atoms with Gasteiger partial charge in [0.1, 0.15) is 12.6 Å². The Morgan fingerprint density at radius 1 is 1.30 bits per heavy atom. The molecule has 0 aromatic heterocycles. The molecule has 0 bridgehead atoms. The van der Waals surface area contributed by atoms with E-state index in [0.29, 0.717) is 13.0 Å². The van der Waals surface area contributed by atoms with Gasteiger partial charge in [0.25, 0.3) is 0 Å². The molecule has 0 saturated carbocycles. The lowest BCUT2D eigenvalue weighted by atomic mass is 10.1. The second kappa shape index (κ2) is 9.09. The Bertz CT molecular complexity index is 420. The molecule has 0 unspecified atom stereocenters. The number of benzene rings is 1. The molecule has 0 saturated heterocycles. The van der Waals surface area contributed by atoms with Gasteiger partial charge in [-0.1, -0.05) is 37.3 Å². The number of rotatable bonds is 8. The lowest BCUT2D eigenvalue weighted by Gasteiger charge is -2.11. The van der Waals surface area contributed by atoms with Gasteiger partial charge in [0, 0.05) is 13.0 Å². The Labute approximate surface area is 119 Å². The van der Waals surface area contributed by atoms with Crippen molar-refractivity contribution < 1.29 is 14.3 Å². The van der Waals surface area contributed by atoms with Gasteiger partial charge in [-0.25, -0.2) is 0 Å². The van der Waals surface area contributed by atoms with Crippen molar-refractivity contribution in [2.75, 3.05) is 6.54 Å². The predicted molar refractivity (Wildman–Crippen MR) is 76.7 cm³/mol. The summed E-state index contributed by atoms with van der Waals surface area (Å²) in [6.07, 6.45) is 1.42. The van der Waals surface area contributed by atoms with E-state index in [9.17, 15) is 9.59 Å². The summed E-state index contributed by atoms with van der Waals surface area (Å²) >= 11 is 0. The average Bonchev–Trinajstić information content (AvgIpc) is 2.49. The molecule has 1 atom stereocenters. The van der Waals surface area contributed by atoms with Gasteiger partial charge in [0.2, 0.25) is 5.91 Å². The van der Waals surface area contributed by atoms with Gasteiger partial charge in [0.05, 0.1) is 0 Å². The minimum absolute atomic E-state index is 0.0850. The van der Waals surface area contributed by atoms with Gasteiger partial charge in [-0.3, -0.25) is 9.59 Å². The van der Waals surface area contributed by atoms with Crippen LogP contribution in [0.1, 0.15) is 31.7 Å². The quantitative estimate of drug-likeness (QED) is 0.704. The molecular formula is C15H22N2O3. The zero-order valence-corrected chi connectivity index (χ0v) is 11.8. The molecule has 1 amide bonds. The van der Waals surface area contributed by atoms with Crippen molar-refractivity contribution in [3.8, 4) is 0 Å². The summed E-state index contributed by atoms with van der Waals surface area (Å²) in [4.78, 5) is 23.1. The first kappa shape index (κ1) is 16.2. The van der Waals surface area contributed by atoms with E-state index in [1.54, 1.807) is 0 Å². The second-order valence-electron chi connectivity index (χ2n) is 4.59. The molecule has 0 spiro atoms. The number of carbonyl (C=O) groups is 2. The highest BCUT2D eigenvalue weighted by molar-refractivity contribution is 5.79. The van der Waals surface area contributed by atoms with E-state index in [1.165, 1.54) is 0 Å². The standard InChI is InChI=1S/C15H22N2O3/c1-2-10-17-14(18)9-8-13(16)15(19)20-11-12-6-4-3-5-7-12/h3-7,13H,2,8-11,16H2,1H3,(H,17,18)/t13-/m0/s1. The third-order valence-electron chi connectivity index (χ3n) is 2.78. The SMILES string of the molecule is CCCNC(=O)CC[C@H](N)C(=O)OCc1ccccc1. The molecule has 5 heteroatoms. The van der Waals surface area contributed by atoms with Crippen LogP contribution in [0.5, 0.6) is 0 Å². The molecule has 1 aromatic rings. The average molecular weight is 278 g/mol. The zero-order chi connectivity index (χ0) is 14.8. The predicted octanol–water partition coefficient (Wildman–Crippen LogP) is 1.36. The highest BCUT2D eigenvalue weighted by Crippen LogP contribution is 2.03. The number of carbonyl (C=O) groups excluding carboxylic acids is 2. The van der Waals surface area contributed by atoms with Crippen LogP contribution in [-0.2, 0) is 20.9 Å². The topological polar surface area (TPSA) is 81.4 Å². The van der Waals surface area contributed by atoms with Crippen LogP contribution in [-0.4, -0.2) is 24.5 Å². The summed E-state index contributed by atoms with van der Waals surface area (Å²) < 4.78 is 5.11. The van der Waals surface area contributed by atoms with Crippen molar-refractivity contribution in [1.29, 1.82) is 0 Å². The number of ether oxygens (including phenoxy) is 1. The molecule has 0 heterocycles. The maximum absolute atomic E-state index is 11.7. The van der Waals surface area contributed by atoms with E-state index in [0.717, 1.165) is 12.0 Å². The fourth-order valence-corrected chi connectivity index (χ4v) is 1.59. The van der Waals surface area contributed by atoms with Gasteiger partial charge in [-0.2, -0.15) is 0 Å². The van der Waals surface area contributed by atoms with E-state index >= 15 is 0 Å². The monoisotopic (exact) mass is 278 g/mol. The van der Waals surface area contributed by atoms with Crippen molar-refractivity contribution in [2.45, 2.75) is 38.8 Å². The van der Waals surface area contributed by atoms with E-state index in [2.05, 4.69) is 5.32 Å². The van der Waals surface area contributed by atoms with Crippen LogP contribution in [0.4, 0.5) is 0 Å². The molecule has 20 heavy (non-hydrogen) atoms. The molecular weight excluding hydrogens is 256 g/mol. The minimum atomic E-state index is -0.758. The Morgan fingerprint density at radius 2 is 2.00 bits per heavy atom. The number of hydrogen-bond acceptors (Lipinski definition) is 4. The molecule has 0 radical (unpaired) electrons. The van der Waals surface area contributed by atoms with Gasteiger partial charge in [-0.05, 0) is 18.4 Å². The summed E-state index contributed by atoms with van der Waals surface area (Å²) in [7, 11) is 0. The van der Waals surface area contributed by atoms with Crippen molar-refractivity contribution >= 4 is 11.9 Å². The van der Waals surface area contributed by atoms with Crippen LogP contribution in [0, 0.1) is 0 Å². The van der Waals surface area contributed by atoms with Crippen molar-refractivity contribution in [3.05, 3.63) is 35.9 Å². The molecule has 5 nitrogen and oxygen atoms in total. The molecule has 0 aliphatic carbocycles. The highest BCUT2D eigenvalue weighted by atomic mass is 16.5. The Balaban J connectivity index is 2.24. The first-order valence-corrected chi connectivity index (χ1v) is 6.86. The van der Waals surface area contributed by atoms with Gasteiger partial charge in [0.15, 0.2) is 0 Å². The Morgan fingerprint density at radius 3 is 2.65 bits per heavy atom. The van der Waals surface area contributed by atoms with E-state index in [-0.39, 0.29) is 18.9 Å². The van der Waals surface area contributed by atoms with Crippen molar-refractivity contribution in [2.24, 2.45) is 5.73 Å². The maximum Gasteiger partial charge on any atom is 0.323 e. The van der Waals surface area contributed by atoms with Gasteiger partial charge >= 0.3 is 5.97 Å². The molecule has 3 N–H and O–H groups in total. The molecule has 1 aromatic carbocycles. The lowest BCUT2D eigenvalue weighted by molar-refractivity contribution is -0.146. The fraction of sp³-hybridized carbons (Fsp3) is 0.467. The molecule has 1 rings (SSSR count). The van der Waals surface area contributed by atoms with E-state index in [1.807, 2.05) is 37.3 Å². The first-order chi connectivity index (χ1) is 9.63. The zero-order valence-electron chi connectivity index (χ0n) is 11.8. The van der Waals surface area contributed by atoms with E-state index in [4.69, 9.17) is 10.5 Å². The normalized spacial score (nSPS) is 11.7. The van der Waals surface area contributed by atoms with Gasteiger partial charge in [-0.15, -0.1) is 0 Å². The van der Waals surface area contributed by atoms with Crippen molar-refractivity contribution in [1.82, 2.24) is 5.32 Å². The fourth-order valence-electron chi connectivity index (χ4n) is 1.59. The number of esters is 1. The van der Waals surface area contributed by atoms with Crippen LogP contribution in [0.3, 0.4) is 0 Å². The second-order valence-corrected chi connectivity index (χ2v) is 4.59. The number of nitrogens with two attached hydrogens (primary N) is 1. The summed E-state index contributed by atoms with van der Waals surface area (Å²) in [5.74, 6) is -0.560. The number of amides is 1. The van der Waals surface area contributed by atoms with Crippen LogP contribution in [0.2, 0.25) is 0 Å². The molecule has 110 valence electrons.